The van der Waals surface area contributed by atoms with E-state index in [1.54, 1.807) is 17.8 Å². The van der Waals surface area contributed by atoms with Gasteiger partial charge in [-0.25, -0.2) is 9.37 Å². The minimum Gasteiger partial charge on any atom is -0.260 e. The Morgan fingerprint density at radius 1 is 1.25 bits per heavy atom. The summed E-state index contributed by atoms with van der Waals surface area (Å²) in [7, 11) is 0. The molecule has 0 radical (unpaired) electrons. The van der Waals surface area contributed by atoms with Crippen LogP contribution in [0.25, 0.3) is 0 Å². The topological polar surface area (TPSA) is 37.3 Å². The van der Waals surface area contributed by atoms with Crippen molar-refractivity contribution in [2.24, 2.45) is 5.10 Å². The predicted octanol–water partition coefficient (Wildman–Crippen LogP) is 5.20. The van der Waals surface area contributed by atoms with Gasteiger partial charge in [0, 0.05) is 28.8 Å². The second-order valence-corrected chi connectivity index (χ2v) is 6.51. The van der Waals surface area contributed by atoms with Crippen molar-refractivity contribution in [2.75, 3.05) is 11.2 Å². The minimum atomic E-state index is -4.52. The molecule has 0 atom stereocenters. The molecule has 1 aliphatic heterocycles. The van der Waals surface area contributed by atoms with Gasteiger partial charge in [0.05, 0.1) is 16.3 Å². The van der Waals surface area contributed by atoms with E-state index in [-0.39, 0.29) is 16.7 Å². The van der Waals surface area contributed by atoms with Gasteiger partial charge in [-0.05, 0) is 24.3 Å². The Bertz CT molecular complexity index is 808. The maximum atomic E-state index is 13.4. The van der Waals surface area contributed by atoms with E-state index in [1.807, 2.05) is 0 Å². The Morgan fingerprint density at radius 3 is 2.75 bits per heavy atom. The van der Waals surface area contributed by atoms with E-state index >= 15 is 0 Å². The van der Waals surface area contributed by atoms with Gasteiger partial charge in [0.1, 0.15) is 5.82 Å². The molecular formula is C15H10ClF4N3S. The summed E-state index contributed by atoms with van der Waals surface area (Å²) in [5.74, 6) is 0.399. The molecule has 3 rings (SSSR count). The molecule has 2 heterocycles. The highest BCUT2D eigenvalue weighted by molar-refractivity contribution is 7.99. The number of halogens is 5. The van der Waals surface area contributed by atoms with Gasteiger partial charge < -0.3 is 0 Å². The van der Waals surface area contributed by atoms with Gasteiger partial charge >= 0.3 is 6.18 Å². The molecule has 0 amide bonds. The summed E-state index contributed by atoms with van der Waals surface area (Å²) in [4.78, 5) is 4.55. The standard InChI is InChI=1S/C15H10ClF4N3S/c16-11-5-8(15(18,19)20)7-21-14(11)23-22-12-3-4-24-13-2-1-9(17)6-10(12)13/h1-2,5-7H,3-4H2,(H,21,23). The van der Waals surface area contributed by atoms with Crippen LogP contribution in [0.15, 0.2) is 40.5 Å². The monoisotopic (exact) mass is 375 g/mol. The molecule has 0 aliphatic carbocycles. The van der Waals surface area contributed by atoms with Crippen molar-refractivity contribution in [2.45, 2.75) is 17.5 Å². The second-order valence-electron chi connectivity index (χ2n) is 4.96. The number of alkyl halides is 3. The first-order valence-electron chi connectivity index (χ1n) is 6.82. The summed E-state index contributed by atoms with van der Waals surface area (Å²) in [5.41, 5.74) is 2.88. The fourth-order valence-corrected chi connectivity index (χ4v) is 3.38. The Balaban J connectivity index is 1.86. The molecule has 0 fully saturated rings. The van der Waals surface area contributed by atoms with Gasteiger partial charge in [0.25, 0.3) is 0 Å². The number of thioether (sulfide) groups is 1. The number of pyridine rings is 1. The third-order valence-corrected chi connectivity index (χ3v) is 4.68. The first-order chi connectivity index (χ1) is 11.3. The normalized spacial score (nSPS) is 16.1. The first kappa shape index (κ1) is 17.0. The maximum Gasteiger partial charge on any atom is 0.417 e. The summed E-state index contributed by atoms with van der Waals surface area (Å²) in [6.07, 6.45) is -3.25. The third kappa shape index (κ3) is 3.64. The quantitative estimate of drug-likeness (QED) is 0.578. The van der Waals surface area contributed by atoms with E-state index < -0.39 is 11.7 Å². The fourth-order valence-electron chi connectivity index (χ4n) is 2.16. The van der Waals surface area contributed by atoms with Crippen LogP contribution in [0, 0.1) is 5.82 Å². The molecule has 24 heavy (non-hydrogen) atoms. The zero-order valence-corrected chi connectivity index (χ0v) is 13.6. The SMILES string of the molecule is Fc1ccc2c(c1)C(=NNc1ncc(C(F)(F)F)cc1Cl)CCS2. The molecule has 0 saturated heterocycles. The number of hydrogen-bond donors (Lipinski definition) is 1. The summed E-state index contributed by atoms with van der Waals surface area (Å²) in [5, 5.41) is 3.95. The molecule has 1 aromatic heterocycles. The van der Waals surface area contributed by atoms with E-state index in [4.69, 9.17) is 11.6 Å². The molecular weight excluding hydrogens is 366 g/mol. The molecule has 0 saturated carbocycles. The summed E-state index contributed by atoms with van der Waals surface area (Å²) in [6.45, 7) is 0. The molecule has 1 aliphatic rings. The molecule has 1 N–H and O–H groups in total. The number of fused-ring (bicyclic) bond motifs is 1. The lowest BCUT2D eigenvalue weighted by Crippen LogP contribution is -2.13. The third-order valence-electron chi connectivity index (χ3n) is 3.31. The van der Waals surface area contributed by atoms with Gasteiger partial charge in [-0.2, -0.15) is 18.3 Å². The number of anilines is 1. The lowest BCUT2D eigenvalue weighted by Gasteiger charge is -2.17. The number of nitrogens with one attached hydrogen (secondary N) is 1. The minimum absolute atomic E-state index is 0.00773. The van der Waals surface area contributed by atoms with Crippen LogP contribution in [0.1, 0.15) is 17.5 Å². The largest absolute Gasteiger partial charge is 0.417 e. The van der Waals surface area contributed by atoms with Gasteiger partial charge in [0.2, 0.25) is 0 Å². The van der Waals surface area contributed by atoms with Gasteiger partial charge in [-0.1, -0.05) is 11.6 Å². The second kappa shape index (κ2) is 6.60. The Labute approximate surface area is 144 Å². The molecule has 0 bridgehead atoms. The lowest BCUT2D eigenvalue weighted by atomic mass is 10.1. The highest BCUT2D eigenvalue weighted by atomic mass is 35.5. The first-order valence-corrected chi connectivity index (χ1v) is 8.19. The van der Waals surface area contributed by atoms with Crippen molar-refractivity contribution in [3.05, 3.63) is 52.4 Å². The zero-order chi connectivity index (χ0) is 17.3. The number of rotatable bonds is 2. The van der Waals surface area contributed by atoms with Crippen molar-refractivity contribution in [1.29, 1.82) is 0 Å². The van der Waals surface area contributed by atoms with Crippen LogP contribution in [0.4, 0.5) is 23.4 Å². The van der Waals surface area contributed by atoms with Gasteiger partial charge in [0.15, 0.2) is 5.82 Å². The van der Waals surface area contributed by atoms with E-state index in [0.29, 0.717) is 23.9 Å². The molecule has 1 aromatic carbocycles. The van der Waals surface area contributed by atoms with Gasteiger partial charge in [-0.3, -0.25) is 5.43 Å². The Kier molecular flexibility index (Phi) is 4.69. The summed E-state index contributed by atoms with van der Waals surface area (Å²) in [6, 6.07) is 5.20. The number of hydrazone groups is 1. The number of nitrogens with zero attached hydrogens (tertiary/aromatic N) is 2. The van der Waals surface area contributed by atoms with Crippen LogP contribution in [0.2, 0.25) is 5.02 Å². The average molecular weight is 376 g/mol. The van der Waals surface area contributed by atoms with Crippen molar-refractivity contribution >= 4 is 34.9 Å². The van der Waals surface area contributed by atoms with Crippen LogP contribution in [0.5, 0.6) is 0 Å². The molecule has 3 nitrogen and oxygen atoms in total. The van der Waals surface area contributed by atoms with E-state index in [9.17, 15) is 17.6 Å². The van der Waals surface area contributed by atoms with E-state index in [0.717, 1.165) is 16.7 Å². The van der Waals surface area contributed by atoms with Crippen molar-refractivity contribution in [1.82, 2.24) is 4.98 Å². The average Bonchev–Trinajstić information content (AvgIpc) is 2.52. The fraction of sp³-hybridized carbons (Fsp3) is 0.200. The molecule has 126 valence electrons. The van der Waals surface area contributed by atoms with E-state index in [1.165, 1.54) is 12.1 Å². The molecule has 0 unspecified atom stereocenters. The zero-order valence-electron chi connectivity index (χ0n) is 12.0. The summed E-state index contributed by atoms with van der Waals surface area (Å²) < 4.78 is 51.2. The molecule has 2 aromatic rings. The molecule has 9 heteroatoms. The van der Waals surface area contributed by atoms with Crippen LogP contribution < -0.4 is 5.43 Å². The Hall–Kier alpha value is -1.80. The number of benzene rings is 1. The van der Waals surface area contributed by atoms with Crippen LogP contribution in [-0.2, 0) is 6.18 Å². The molecule has 0 spiro atoms. The maximum absolute atomic E-state index is 13.4. The number of aromatic nitrogens is 1. The van der Waals surface area contributed by atoms with Crippen LogP contribution in [-0.4, -0.2) is 16.4 Å². The predicted molar refractivity (Wildman–Crippen MR) is 86.1 cm³/mol. The van der Waals surface area contributed by atoms with Crippen LogP contribution >= 0.6 is 23.4 Å². The van der Waals surface area contributed by atoms with Crippen LogP contribution in [0.3, 0.4) is 0 Å². The highest BCUT2D eigenvalue weighted by Crippen LogP contribution is 2.33. The van der Waals surface area contributed by atoms with E-state index in [2.05, 4.69) is 15.5 Å². The summed E-state index contributed by atoms with van der Waals surface area (Å²) >= 11 is 7.41. The van der Waals surface area contributed by atoms with Crippen molar-refractivity contribution in [3.63, 3.8) is 0 Å². The number of hydrogen-bond acceptors (Lipinski definition) is 4. The Morgan fingerprint density at radius 2 is 2.04 bits per heavy atom. The smallest absolute Gasteiger partial charge is 0.260 e. The van der Waals surface area contributed by atoms with Crippen molar-refractivity contribution < 1.29 is 17.6 Å². The van der Waals surface area contributed by atoms with Gasteiger partial charge in [-0.15, -0.1) is 11.8 Å². The lowest BCUT2D eigenvalue weighted by molar-refractivity contribution is -0.137. The van der Waals surface area contributed by atoms with Crippen molar-refractivity contribution in [3.8, 4) is 0 Å². The highest BCUT2D eigenvalue weighted by Gasteiger charge is 2.31.